The lowest BCUT2D eigenvalue weighted by Gasteiger charge is -2.27. The molecular formula is C16H15ClFN. The van der Waals surface area contributed by atoms with Crippen LogP contribution in [-0.2, 0) is 6.42 Å². The summed E-state index contributed by atoms with van der Waals surface area (Å²) in [5.41, 5.74) is 3.01. The highest BCUT2D eigenvalue weighted by Crippen LogP contribution is 2.35. The molecule has 0 aromatic heterocycles. The molecule has 1 aliphatic rings. The third kappa shape index (κ3) is 2.45. The smallest absolute Gasteiger partial charge is 0.147 e. The van der Waals surface area contributed by atoms with E-state index in [0.717, 1.165) is 19.3 Å². The van der Waals surface area contributed by atoms with E-state index < -0.39 is 0 Å². The van der Waals surface area contributed by atoms with Crippen molar-refractivity contribution in [1.29, 1.82) is 0 Å². The summed E-state index contributed by atoms with van der Waals surface area (Å²) in [6.45, 7) is 0. The molecule has 0 aliphatic heterocycles. The first-order valence-electron chi connectivity index (χ1n) is 6.54. The Labute approximate surface area is 117 Å². The first kappa shape index (κ1) is 12.5. The lowest BCUT2D eigenvalue weighted by molar-refractivity contribution is 0.586. The molecule has 19 heavy (non-hydrogen) atoms. The van der Waals surface area contributed by atoms with Crippen LogP contribution in [0.1, 0.15) is 30.0 Å². The fourth-order valence-electron chi connectivity index (χ4n) is 2.71. The number of aryl methyl sites for hydroxylation is 1. The van der Waals surface area contributed by atoms with Crippen LogP contribution in [0.2, 0.25) is 5.02 Å². The normalized spacial score (nSPS) is 17.9. The van der Waals surface area contributed by atoms with Crippen LogP contribution < -0.4 is 5.32 Å². The van der Waals surface area contributed by atoms with Crippen LogP contribution in [0.4, 0.5) is 10.1 Å². The summed E-state index contributed by atoms with van der Waals surface area (Å²) >= 11 is 6.07. The zero-order chi connectivity index (χ0) is 13.2. The minimum atomic E-state index is -0.296. The number of hydrogen-bond acceptors (Lipinski definition) is 1. The van der Waals surface area contributed by atoms with E-state index in [1.54, 1.807) is 12.1 Å². The van der Waals surface area contributed by atoms with Gasteiger partial charge in [0.25, 0.3) is 0 Å². The van der Waals surface area contributed by atoms with Crippen molar-refractivity contribution in [1.82, 2.24) is 0 Å². The number of fused-ring (bicyclic) bond motifs is 1. The molecule has 1 N–H and O–H groups in total. The summed E-state index contributed by atoms with van der Waals surface area (Å²) in [5, 5.41) is 3.70. The van der Waals surface area contributed by atoms with Gasteiger partial charge in [-0.3, -0.25) is 0 Å². The summed E-state index contributed by atoms with van der Waals surface area (Å²) in [7, 11) is 0. The van der Waals surface area contributed by atoms with Crippen molar-refractivity contribution in [3.8, 4) is 0 Å². The molecule has 98 valence electrons. The Morgan fingerprint density at radius 3 is 2.79 bits per heavy atom. The van der Waals surface area contributed by atoms with Gasteiger partial charge in [-0.05, 0) is 42.5 Å². The van der Waals surface area contributed by atoms with E-state index in [0.29, 0.717) is 10.7 Å². The lowest BCUT2D eigenvalue weighted by Crippen LogP contribution is -2.18. The van der Waals surface area contributed by atoms with Gasteiger partial charge >= 0.3 is 0 Å². The molecule has 0 bridgehead atoms. The molecule has 0 saturated heterocycles. The van der Waals surface area contributed by atoms with Crippen molar-refractivity contribution in [2.24, 2.45) is 0 Å². The van der Waals surface area contributed by atoms with Crippen LogP contribution in [0.25, 0.3) is 0 Å². The molecule has 0 fully saturated rings. The van der Waals surface area contributed by atoms with Crippen LogP contribution in [0.3, 0.4) is 0 Å². The largest absolute Gasteiger partial charge is 0.375 e. The second kappa shape index (κ2) is 5.22. The third-order valence-electron chi connectivity index (χ3n) is 3.65. The van der Waals surface area contributed by atoms with Crippen molar-refractivity contribution in [2.75, 3.05) is 5.32 Å². The Morgan fingerprint density at radius 1 is 1.11 bits per heavy atom. The molecule has 3 heteroatoms. The lowest BCUT2D eigenvalue weighted by atomic mass is 9.87. The topological polar surface area (TPSA) is 12.0 Å². The van der Waals surface area contributed by atoms with Crippen LogP contribution in [0, 0.1) is 5.82 Å². The second-order valence-corrected chi connectivity index (χ2v) is 5.29. The maximum Gasteiger partial charge on any atom is 0.147 e. The summed E-state index contributed by atoms with van der Waals surface area (Å²) < 4.78 is 13.8. The summed E-state index contributed by atoms with van der Waals surface area (Å²) in [4.78, 5) is 0. The highest BCUT2D eigenvalue weighted by atomic mass is 35.5. The fourth-order valence-corrected chi connectivity index (χ4v) is 2.93. The van der Waals surface area contributed by atoms with Crippen molar-refractivity contribution in [3.63, 3.8) is 0 Å². The Morgan fingerprint density at radius 2 is 1.95 bits per heavy atom. The van der Waals surface area contributed by atoms with Gasteiger partial charge in [0.05, 0.1) is 16.8 Å². The van der Waals surface area contributed by atoms with E-state index in [2.05, 4.69) is 23.5 Å². The van der Waals surface area contributed by atoms with Gasteiger partial charge < -0.3 is 5.32 Å². The Hall–Kier alpha value is -1.54. The van der Waals surface area contributed by atoms with Gasteiger partial charge in [0.2, 0.25) is 0 Å². The van der Waals surface area contributed by atoms with Crippen molar-refractivity contribution in [2.45, 2.75) is 25.3 Å². The molecular weight excluding hydrogens is 261 g/mol. The monoisotopic (exact) mass is 275 g/mol. The zero-order valence-electron chi connectivity index (χ0n) is 10.5. The standard InChI is InChI=1S/C16H15ClFN/c17-13-8-4-9-14(18)16(13)19-15-10-3-6-11-5-1-2-7-12(11)15/h1-2,4-5,7-9,15,19H,3,6,10H2. The number of nitrogens with one attached hydrogen (secondary N) is 1. The quantitative estimate of drug-likeness (QED) is 0.816. The summed E-state index contributed by atoms with van der Waals surface area (Å²) in [6.07, 6.45) is 3.21. The molecule has 2 aromatic carbocycles. The number of anilines is 1. The van der Waals surface area contributed by atoms with Gasteiger partial charge in [0.1, 0.15) is 5.82 Å². The maximum atomic E-state index is 13.8. The van der Waals surface area contributed by atoms with Gasteiger partial charge in [-0.2, -0.15) is 0 Å². The van der Waals surface area contributed by atoms with Gasteiger partial charge in [0.15, 0.2) is 0 Å². The number of rotatable bonds is 2. The molecule has 1 unspecified atom stereocenters. The SMILES string of the molecule is Fc1cccc(Cl)c1NC1CCCc2ccccc21. The second-order valence-electron chi connectivity index (χ2n) is 4.88. The van der Waals surface area contributed by atoms with E-state index in [-0.39, 0.29) is 11.9 Å². The molecule has 1 atom stereocenters. The third-order valence-corrected chi connectivity index (χ3v) is 3.97. The average molecular weight is 276 g/mol. The molecule has 2 aromatic rings. The number of benzene rings is 2. The number of halogens is 2. The van der Waals surface area contributed by atoms with E-state index in [1.807, 2.05) is 6.07 Å². The van der Waals surface area contributed by atoms with Crippen molar-refractivity contribution >= 4 is 17.3 Å². The van der Waals surface area contributed by atoms with Gasteiger partial charge in [-0.1, -0.05) is 41.9 Å². The van der Waals surface area contributed by atoms with Gasteiger partial charge in [-0.15, -0.1) is 0 Å². The first-order chi connectivity index (χ1) is 9.25. The first-order valence-corrected chi connectivity index (χ1v) is 6.92. The van der Waals surface area contributed by atoms with Crippen LogP contribution >= 0.6 is 11.6 Å². The molecule has 1 nitrogen and oxygen atoms in total. The van der Waals surface area contributed by atoms with Crippen LogP contribution in [0.5, 0.6) is 0 Å². The molecule has 0 amide bonds. The van der Waals surface area contributed by atoms with Crippen LogP contribution in [-0.4, -0.2) is 0 Å². The summed E-state index contributed by atoms with van der Waals surface area (Å²) in [5.74, 6) is -0.296. The minimum absolute atomic E-state index is 0.138. The number of hydrogen-bond donors (Lipinski definition) is 1. The maximum absolute atomic E-state index is 13.8. The average Bonchev–Trinajstić information content (AvgIpc) is 2.43. The summed E-state index contributed by atoms with van der Waals surface area (Å²) in [6, 6.07) is 13.2. The number of para-hydroxylation sites is 1. The van der Waals surface area contributed by atoms with E-state index in [1.165, 1.54) is 17.2 Å². The predicted molar refractivity (Wildman–Crippen MR) is 77.2 cm³/mol. The Bertz CT molecular complexity index is 577. The van der Waals surface area contributed by atoms with Crippen LogP contribution in [0.15, 0.2) is 42.5 Å². The molecule has 1 aliphatic carbocycles. The van der Waals surface area contributed by atoms with Crippen molar-refractivity contribution in [3.05, 3.63) is 64.4 Å². The molecule has 0 spiro atoms. The molecule has 0 heterocycles. The molecule has 0 saturated carbocycles. The van der Waals surface area contributed by atoms with Gasteiger partial charge in [-0.25, -0.2) is 4.39 Å². The minimum Gasteiger partial charge on any atom is -0.375 e. The fraction of sp³-hybridized carbons (Fsp3) is 0.250. The van der Waals surface area contributed by atoms with E-state index in [9.17, 15) is 4.39 Å². The molecule has 0 radical (unpaired) electrons. The highest BCUT2D eigenvalue weighted by Gasteiger charge is 2.21. The van der Waals surface area contributed by atoms with E-state index >= 15 is 0 Å². The van der Waals surface area contributed by atoms with E-state index in [4.69, 9.17) is 11.6 Å². The van der Waals surface area contributed by atoms with Crippen molar-refractivity contribution < 1.29 is 4.39 Å². The van der Waals surface area contributed by atoms with Gasteiger partial charge in [0, 0.05) is 0 Å². The zero-order valence-corrected chi connectivity index (χ0v) is 11.3. The Balaban J connectivity index is 1.93. The highest BCUT2D eigenvalue weighted by molar-refractivity contribution is 6.33. The molecule has 3 rings (SSSR count). The predicted octanol–water partition coefficient (Wildman–Crippen LogP) is 4.97. The Kier molecular flexibility index (Phi) is 3.43.